The number of ether oxygens (including phenoxy) is 1. The SMILES string of the molecule is OCC(O)OC(F)CO. The molecule has 0 heterocycles. The van der Waals surface area contributed by atoms with E-state index in [0.717, 1.165) is 0 Å². The zero-order valence-electron chi connectivity index (χ0n) is 4.70. The molecule has 0 radical (unpaired) electrons. The summed E-state index contributed by atoms with van der Waals surface area (Å²) >= 11 is 0. The molecule has 56 valence electrons. The van der Waals surface area contributed by atoms with Gasteiger partial charge in [0.05, 0.1) is 13.2 Å². The van der Waals surface area contributed by atoms with Gasteiger partial charge in [0.25, 0.3) is 0 Å². The fraction of sp³-hybridized carbons (Fsp3) is 1.00. The number of rotatable bonds is 4. The minimum absolute atomic E-state index is 0.680. The van der Waals surface area contributed by atoms with E-state index in [4.69, 9.17) is 15.3 Å². The average molecular weight is 140 g/mol. The molecule has 0 aliphatic carbocycles. The molecule has 0 aromatic heterocycles. The molecule has 0 rings (SSSR count). The van der Waals surface area contributed by atoms with Gasteiger partial charge in [0.1, 0.15) is 0 Å². The van der Waals surface area contributed by atoms with E-state index < -0.39 is 25.9 Å². The number of alkyl halides is 1. The van der Waals surface area contributed by atoms with Crippen molar-refractivity contribution in [3.05, 3.63) is 0 Å². The number of hydrogen-bond acceptors (Lipinski definition) is 4. The van der Waals surface area contributed by atoms with Crippen molar-refractivity contribution in [3.63, 3.8) is 0 Å². The summed E-state index contributed by atoms with van der Waals surface area (Å²) in [4.78, 5) is 0. The minimum Gasteiger partial charge on any atom is -0.391 e. The Morgan fingerprint density at radius 2 is 1.89 bits per heavy atom. The summed E-state index contributed by atoms with van der Waals surface area (Å²) in [6.45, 7) is -1.50. The smallest absolute Gasteiger partial charge is 0.224 e. The number of halogens is 1. The van der Waals surface area contributed by atoms with Crippen LogP contribution in [0.1, 0.15) is 0 Å². The first-order valence-corrected chi connectivity index (χ1v) is 2.40. The predicted octanol–water partition coefficient (Wildman–Crippen LogP) is -1.40. The van der Waals surface area contributed by atoms with Gasteiger partial charge in [-0.3, -0.25) is 0 Å². The van der Waals surface area contributed by atoms with E-state index in [1.54, 1.807) is 0 Å². The van der Waals surface area contributed by atoms with Crippen LogP contribution in [0.2, 0.25) is 0 Å². The van der Waals surface area contributed by atoms with Crippen molar-refractivity contribution in [3.8, 4) is 0 Å². The van der Waals surface area contributed by atoms with Crippen molar-refractivity contribution in [2.24, 2.45) is 0 Å². The summed E-state index contributed by atoms with van der Waals surface area (Å²) in [5.41, 5.74) is 0. The van der Waals surface area contributed by atoms with Gasteiger partial charge in [-0.2, -0.15) is 0 Å². The zero-order valence-corrected chi connectivity index (χ0v) is 4.70. The molecule has 0 aliphatic rings. The molecule has 2 unspecified atom stereocenters. The van der Waals surface area contributed by atoms with Crippen molar-refractivity contribution in [1.82, 2.24) is 0 Å². The number of hydrogen-bond donors (Lipinski definition) is 3. The summed E-state index contributed by atoms with van der Waals surface area (Å²) in [7, 11) is 0. The fourth-order valence-electron chi connectivity index (χ4n) is 0.257. The van der Waals surface area contributed by atoms with Crippen molar-refractivity contribution < 1.29 is 24.4 Å². The van der Waals surface area contributed by atoms with E-state index >= 15 is 0 Å². The second-order valence-corrected chi connectivity index (χ2v) is 1.37. The van der Waals surface area contributed by atoms with Crippen LogP contribution in [-0.4, -0.2) is 41.2 Å². The Morgan fingerprint density at radius 1 is 1.33 bits per heavy atom. The lowest BCUT2D eigenvalue weighted by Crippen LogP contribution is -2.24. The number of aliphatic hydroxyl groups is 3. The molecule has 0 saturated heterocycles. The van der Waals surface area contributed by atoms with Crippen LogP contribution < -0.4 is 0 Å². The van der Waals surface area contributed by atoms with Gasteiger partial charge in [0, 0.05) is 0 Å². The molecule has 0 aromatic carbocycles. The summed E-state index contributed by atoms with van der Waals surface area (Å²) in [5, 5.41) is 24.4. The van der Waals surface area contributed by atoms with Crippen LogP contribution in [0.25, 0.3) is 0 Å². The second-order valence-electron chi connectivity index (χ2n) is 1.37. The van der Waals surface area contributed by atoms with E-state index in [2.05, 4.69) is 4.74 Å². The molecule has 9 heavy (non-hydrogen) atoms. The summed E-state index contributed by atoms with van der Waals surface area (Å²) in [6, 6.07) is 0. The standard InChI is InChI=1S/C4H9FO4/c5-3(1-6)9-4(8)2-7/h3-4,6-8H,1-2H2. The Hall–Kier alpha value is -0.230. The van der Waals surface area contributed by atoms with Crippen LogP contribution >= 0.6 is 0 Å². The fourth-order valence-corrected chi connectivity index (χ4v) is 0.257. The van der Waals surface area contributed by atoms with Crippen LogP contribution in [0.3, 0.4) is 0 Å². The lowest BCUT2D eigenvalue weighted by atomic mass is 10.6. The summed E-state index contributed by atoms with van der Waals surface area (Å²) in [6.07, 6.45) is -3.47. The average Bonchev–Trinajstić information content (AvgIpc) is 1.87. The Morgan fingerprint density at radius 3 is 2.22 bits per heavy atom. The maximum absolute atomic E-state index is 11.8. The molecule has 4 nitrogen and oxygen atoms in total. The Kier molecular flexibility index (Phi) is 4.51. The van der Waals surface area contributed by atoms with Gasteiger partial charge in [-0.1, -0.05) is 0 Å². The molecule has 0 aliphatic heterocycles. The van der Waals surface area contributed by atoms with Crippen molar-refractivity contribution >= 4 is 0 Å². The van der Waals surface area contributed by atoms with Crippen LogP contribution in [0.5, 0.6) is 0 Å². The molecular weight excluding hydrogens is 131 g/mol. The van der Waals surface area contributed by atoms with E-state index in [1.807, 2.05) is 0 Å². The van der Waals surface area contributed by atoms with Gasteiger partial charge in [0.15, 0.2) is 6.29 Å². The third-order valence-electron chi connectivity index (χ3n) is 0.604. The van der Waals surface area contributed by atoms with Crippen molar-refractivity contribution in [2.45, 2.75) is 12.6 Å². The molecule has 0 bridgehead atoms. The van der Waals surface area contributed by atoms with E-state index in [-0.39, 0.29) is 0 Å². The Balaban J connectivity index is 3.22. The first kappa shape index (κ1) is 8.77. The van der Waals surface area contributed by atoms with Gasteiger partial charge in [-0.25, -0.2) is 4.39 Å². The third kappa shape index (κ3) is 4.28. The molecule has 5 heteroatoms. The maximum atomic E-state index is 11.8. The van der Waals surface area contributed by atoms with Crippen molar-refractivity contribution in [2.75, 3.05) is 13.2 Å². The maximum Gasteiger partial charge on any atom is 0.224 e. The first-order valence-electron chi connectivity index (χ1n) is 2.40. The first-order chi connectivity index (χ1) is 4.20. The van der Waals surface area contributed by atoms with Crippen LogP contribution in [0.4, 0.5) is 4.39 Å². The van der Waals surface area contributed by atoms with Crippen LogP contribution in [0.15, 0.2) is 0 Å². The summed E-state index contributed by atoms with van der Waals surface area (Å²) in [5.74, 6) is 0. The van der Waals surface area contributed by atoms with E-state index in [9.17, 15) is 4.39 Å². The normalized spacial score (nSPS) is 17.3. The highest BCUT2D eigenvalue weighted by Crippen LogP contribution is 1.95. The van der Waals surface area contributed by atoms with Gasteiger partial charge >= 0.3 is 0 Å². The van der Waals surface area contributed by atoms with Gasteiger partial charge in [-0.15, -0.1) is 0 Å². The number of aliphatic hydroxyl groups excluding tert-OH is 3. The van der Waals surface area contributed by atoms with E-state index in [0.29, 0.717) is 0 Å². The highest BCUT2D eigenvalue weighted by molar-refractivity contribution is 4.38. The molecule has 0 amide bonds. The van der Waals surface area contributed by atoms with E-state index in [1.165, 1.54) is 0 Å². The molecule has 0 fully saturated rings. The summed E-state index contributed by atoms with van der Waals surface area (Å²) < 4.78 is 15.8. The second kappa shape index (κ2) is 4.63. The van der Waals surface area contributed by atoms with Crippen molar-refractivity contribution in [1.29, 1.82) is 0 Å². The highest BCUT2D eigenvalue weighted by Gasteiger charge is 2.09. The molecule has 0 saturated carbocycles. The quantitative estimate of drug-likeness (QED) is 0.420. The topological polar surface area (TPSA) is 69.9 Å². The third-order valence-corrected chi connectivity index (χ3v) is 0.604. The highest BCUT2D eigenvalue weighted by atomic mass is 19.1. The van der Waals surface area contributed by atoms with Gasteiger partial charge in [0.2, 0.25) is 6.36 Å². The van der Waals surface area contributed by atoms with Crippen LogP contribution in [0, 0.1) is 0 Å². The van der Waals surface area contributed by atoms with Crippen LogP contribution in [-0.2, 0) is 4.74 Å². The van der Waals surface area contributed by atoms with Gasteiger partial charge < -0.3 is 20.1 Å². The molecule has 2 atom stereocenters. The van der Waals surface area contributed by atoms with Gasteiger partial charge in [-0.05, 0) is 0 Å². The lowest BCUT2D eigenvalue weighted by Gasteiger charge is -2.10. The minimum atomic E-state index is -1.92. The monoisotopic (exact) mass is 140 g/mol. The zero-order chi connectivity index (χ0) is 7.28. The molecule has 0 aromatic rings. The Bertz CT molecular complexity index is 61.6. The Labute approximate surface area is 51.5 Å². The largest absolute Gasteiger partial charge is 0.391 e. The molecular formula is C4H9FO4. The predicted molar refractivity (Wildman–Crippen MR) is 26.2 cm³/mol. The lowest BCUT2D eigenvalue weighted by molar-refractivity contribution is -0.202. The molecule has 0 spiro atoms. The molecule has 3 N–H and O–H groups in total.